The van der Waals surface area contributed by atoms with E-state index >= 15 is 0 Å². The lowest BCUT2D eigenvalue weighted by Crippen LogP contribution is -2.15. The predicted octanol–water partition coefficient (Wildman–Crippen LogP) is 2.87. The van der Waals surface area contributed by atoms with Crippen LogP contribution >= 0.6 is 0 Å². The largest absolute Gasteiger partial charge is 0.362 e. The number of anilines is 2. The molecule has 1 aromatic heterocycles. The van der Waals surface area contributed by atoms with Gasteiger partial charge in [-0.1, -0.05) is 30.3 Å². The van der Waals surface area contributed by atoms with E-state index in [-0.39, 0.29) is 12.1 Å². The Kier molecular flexibility index (Phi) is 4.28. The Morgan fingerprint density at radius 2 is 1.74 bits per heavy atom. The van der Waals surface area contributed by atoms with Gasteiger partial charge >= 0.3 is 0 Å². The molecule has 0 saturated heterocycles. The van der Waals surface area contributed by atoms with Crippen molar-refractivity contribution in [2.24, 2.45) is 0 Å². The summed E-state index contributed by atoms with van der Waals surface area (Å²) >= 11 is 0. The molecule has 0 spiro atoms. The monoisotopic (exact) mass is 257 g/mol. The van der Waals surface area contributed by atoms with Gasteiger partial charge in [-0.2, -0.15) is 10.1 Å². The van der Waals surface area contributed by atoms with Crippen LogP contribution in [0.4, 0.5) is 11.8 Å². The summed E-state index contributed by atoms with van der Waals surface area (Å²) in [5.41, 5.74) is 1.21. The van der Waals surface area contributed by atoms with Gasteiger partial charge in [0.15, 0.2) is 5.82 Å². The zero-order valence-corrected chi connectivity index (χ0v) is 11.5. The number of nitrogens with one attached hydrogen (secondary N) is 2. The van der Waals surface area contributed by atoms with Gasteiger partial charge in [0, 0.05) is 12.1 Å². The van der Waals surface area contributed by atoms with E-state index in [2.05, 4.69) is 44.9 Å². The van der Waals surface area contributed by atoms with Crippen LogP contribution in [-0.2, 0) is 0 Å². The maximum Gasteiger partial charge on any atom is 0.244 e. The van der Waals surface area contributed by atoms with Crippen molar-refractivity contribution >= 4 is 11.8 Å². The maximum atomic E-state index is 4.38. The molecule has 100 valence electrons. The summed E-state index contributed by atoms with van der Waals surface area (Å²) in [6.07, 6.45) is 1.63. The number of hydrogen-bond acceptors (Lipinski definition) is 5. The summed E-state index contributed by atoms with van der Waals surface area (Å²) in [5, 5.41) is 14.3. The smallest absolute Gasteiger partial charge is 0.244 e. The van der Waals surface area contributed by atoms with Crippen LogP contribution < -0.4 is 10.6 Å². The van der Waals surface area contributed by atoms with E-state index in [1.54, 1.807) is 6.20 Å². The van der Waals surface area contributed by atoms with Crippen LogP contribution in [0.25, 0.3) is 0 Å². The van der Waals surface area contributed by atoms with Crippen molar-refractivity contribution < 1.29 is 0 Å². The molecule has 19 heavy (non-hydrogen) atoms. The standard InChI is InChI=1S/C14H19N5/c1-10(2)16-14-18-13(9-15-19-14)17-11(3)12-7-5-4-6-8-12/h4-11H,1-3H3,(H2,16,17,18,19). The van der Waals surface area contributed by atoms with Crippen molar-refractivity contribution in [3.63, 3.8) is 0 Å². The second kappa shape index (κ2) is 6.13. The first-order chi connectivity index (χ1) is 9.15. The average molecular weight is 257 g/mol. The summed E-state index contributed by atoms with van der Waals surface area (Å²) in [7, 11) is 0. The number of nitrogens with zero attached hydrogens (tertiary/aromatic N) is 3. The quantitative estimate of drug-likeness (QED) is 0.862. The van der Waals surface area contributed by atoms with Gasteiger partial charge in [-0.05, 0) is 26.3 Å². The van der Waals surface area contributed by atoms with Gasteiger partial charge in [0.25, 0.3) is 0 Å². The SMILES string of the molecule is CC(C)Nc1nncc(NC(C)c2ccccc2)n1. The molecule has 0 aliphatic carbocycles. The lowest BCUT2D eigenvalue weighted by atomic mass is 10.1. The van der Waals surface area contributed by atoms with Crippen LogP contribution in [-0.4, -0.2) is 21.2 Å². The van der Waals surface area contributed by atoms with Crippen molar-refractivity contribution in [3.05, 3.63) is 42.1 Å². The molecule has 0 saturated carbocycles. The Bertz CT molecular complexity index is 512. The Hall–Kier alpha value is -2.17. The second-order valence-corrected chi connectivity index (χ2v) is 4.74. The first-order valence-electron chi connectivity index (χ1n) is 6.43. The van der Waals surface area contributed by atoms with Gasteiger partial charge < -0.3 is 10.6 Å². The van der Waals surface area contributed by atoms with Crippen LogP contribution in [0.1, 0.15) is 32.4 Å². The molecule has 1 unspecified atom stereocenters. The second-order valence-electron chi connectivity index (χ2n) is 4.74. The van der Waals surface area contributed by atoms with Crippen molar-refractivity contribution in [2.75, 3.05) is 10.6 Å². The highest BCUT2D eigenvalue weighted by Crippen LogP contribution is 2.17. The molecular formula is C14H19N5. The van der Waals surface area contributed by atoms with Crippen molar-refractivity contribution in [1.82, 2.24) is 15.2 Å². The van der Waals surface area contributed by atoms with Crippen molar-refractivity contribution in [1.29, 1.82) is 0 Å². The van der Waals surface area contributed by atoms with Gasteiger partial charge in [0.1, 0.15) is 0 Å². The number of rotatable bonds is 5. The van der Waals surface area contributed by atoms with E-state index in [0.717, 1.165) is 5.82 Å². The zero-order valence-electron chi connectivity index (χ0n) is 11.5. The maximum absolute atomic E-state index is 4.38. The minimum Gasteiger partial charge on any atom is -0.362 e. The molecule has 1 heterocycles. The Balaban J connectivity index is 2.06. The highest BCUT2D eigenvalue weighted by atomic mass is 15.3. The Morgan fingerprint density at radius 3 is 2.42 bits per heavy atom. The van der Waals surface area contributed by atoms with Crippen LogP contribution in [0.5, 0.6) is 0 Å². The molecule has 1 atom stereocenters. The molecule has 0 amide bonds. The Labute approximate surface area is 113 Å². The molecule has 5 heteroatoms. The van der Waals surface area contributed by atoms with Crippen LogP contribution in [0.3, 0.4) is 0 Å². The summed E-state index contributed by atoms with van der Waals surface area (Å²) in [6.45, 7) is 6.17. The van der Waals surface area contributed by atoms with Crippen molar-refractivity contribution in [3.8, 4) is 0 Å². The van der Waals surface area contributed by atoms with E-state index in [9.17, 15) is 0 Å². The topological polar surface area (TPSA) is 62.7 Å². The molecule has 5 nitrogen and oxygen atoms in total. The fraction of sp³-hybridized carbons (Fsp3) is 0.357. The van der Waals surface area contributed by atoms with E-state index in [4.69, 9.17) is 0 Å². The highest BCUT2D eigenvalue weighted by molar-refractivity contribution is 5.40. The molecule has 2 rings (SSSR count). The minimum absolute atomic E-state index is 0.171. The first kappa shape index (κ1) is 13.3. The number of hydrogen-bond donors (Lipinski definition) is 2. The normalized spacial score (nSPS) is 12.2. The molecule has 0 aliphatic heterocycles. The van der Waals surface area contributed by atoms with Crippen molar-refractivity contribution in [2.45, 2.75) is 32.9 Å². The van der Waals surface area contributed by atoms with Crippen LogP contribution in [0, 0.1) is 0 Å². The predicted molar refractivity (Wildman–Crippen MR) is 77.1 cm³/mol. The molecule has 0 fully saturated rings. The summed E-state index contributed by atoms with van der Waals surface area (Å²) in [5.74, 6) is 1.26. The minimum atomic E-state index is 0.171. The number of aromatic nitrogens is 3. The zero-order chi connectivity index (χ0) is 13.7. The summed E-state index contributed by atoms with van der Waals surface area (Å²) in [6, 6.07) is 10.7. The average Bonchev–Trinajstić information content (AvgIpc) is 2.39. The molecule has 0 aliphatic rings. The van der Waals surface area contributed by atoms with E-state index in [0.29, 0.717) is 5.95 Å². The van der Waals surface area contributed by atoms with E-state index < -0.39 is 0 Å². The third-order valence-electron chi connectivity index (χ3n) is 2.64. The molecule has 0 bridgehead atoms. The lowest BCUT2D eigenvalue weighted by molar-refractivity contribution is 0.833. The Morgan fingerprint density at radius 1 is 1.00 bits per heavy atom. The molecule has 2 N–H and O–H groups in total. The molecular weight excluding hydrogens is 238 g/mol. The fourth-order valence-corrected chi connectivity index (χ4v) is 1.74. The fourth-order valence-electron chi connectivity index (χ4n) is 1.74. The van der Waals surface area contributed by atoms with Gasteiger partial charge in [-0.15, -0.1) is 5.10 Å². The third kappa shape index (κ3) is 3.91. The van der Waals surface area contributed by atoms with Crippen LogP contribution in [0.2, 0.25) is 0 Å². The van der Waals surface area contributed by atoms with Gasteiger partial charge in [-0.3, -0.25) is 0 Å². The van der Waals surface area contributed by atoms with Gasteiger partial charge in [0.2, 0.25) is 5.95 Å². The number of benzene rings is 1. The van der Waals surface area contributed by atoms with Crippen LogP contribution in [0.15, 0.2) is 36.5 Å². The molecule has 2 aromatic rings. The third-order valence-corrected chi connectivity index (χ3v) is 2.64. The van der Waals surface area contributed by atoms with E-state index in [1.807, 2.05) is 32.0 Å². The highest BCUT2D eigenvalue weighted by Gasteiger charge is 2.07. The summed E-state index contributed by atoms with van der Waals surface area (Å²) in [4.78, 5) is 4.38. The molecule has 0 radical (unpaired) electrons. The lowest BCUT2D eigenvalue weighted by Gasteiger charge is -2.15. The first-order valence-corrected chi connectivity index (χ1v) is 6.43. The van der Waals surface area contributed by atoms with Gasteiger partial charge in [0.05, 0.1) is 6.20 Å². The van der Waals surface area contributed by atoms with Gasteiger partial charge in [-0.25, -0.2) is 0 Å². The molecule has 1 aromatic carbocycles. The summed E-state index contributed by atoms with van der Waals surface area (Å²) < 4.78 is 0. The van der Waals surface area contributed by atoms with E-state index in [1.165, 1.54) is 5.56 Å².